The van der Waals surface area contributed by atoms with Crippen molar-refractivity contribution in [1.82, 2.24) is 0 Å². The quantitative estimate of drug-likeness (QED) is 0.456. The van der Waals surface area contributed by atoms with Gasteiger partial charge < -0.3 is 9.47 Å². The molecular weight excluding hydrogens is 382 g/mol. The van der Waals surface area contributed by atoms with E-state index in [2.05, 4.69) is 0 Å². The summed E-state index contributed by atoms with van der Waals surface area (Å²) in [4.78, 5) is 20.5. The van der Waals surface area contributed by atoms with E-state index in [0.29, 0.717) is 11.0 Å². The Balaban J connectivity index is 4.97. The number of thioether (sulfide) groups is 1. The van der Waals surface area contributed by atoms with Crippen LogP contribution < -0.4 is 0 Å². The Morgan fingerprint density at radius 3 is 1.90 bits per heavy atom. The van der Waals surface area contributed by atoms with Crippen LogP contribution in [0.3, 0.4) is 0 Å². The Morgan fingerprint density at radius 2 is 1.52 bits per heavy atom. The summed E-state index contributed by atoms with van der Waals surface area (Å²) in [5.41, 5.74) is -1.13. The topological polar surface area (TPSA) is 52.6 Å². The van der Waals surface area contributed by atoms with Gasteiger partial charge in [0.2, 0.25) is 9.67 Å². The molecule has 0 aliphatic heterocycles. The van der Waals surface area contributed by atoms with Crippen LogP contribution in [0.15, 0.2) is 0 Å². The van der Waals surface area contributed by atoms with E-state index < -0.39 is 33.3 Å². The van der Waals surface area contributed by atoms with Crippen molar-refractivity contribution in [2.75, 3.05) is 5.75 Å². The normalized spacial score (nSPS) is 13.7. The number of hydrogen-bond acceptors (Lipinski definition) is 5. The van der Waals surface area contributed by atoms with Gasteiger partial charge in [0.05, 0.1) is 0 Å². The second kappa shape index (κ2) is 9.56. The Kier molecular flexibility index (Phi) is 9.76. The molecule has 124 valence electrons. The average Bonchev–Trinajstić information content (AvgIpc) is 2.32. The third-order valence-corrected chi connectivity index (χ3v) is 4.21. The van der Waals surface area contributed by atoms with Gasteiger partial charge >= 0.3 is 11.9 Å². The number of esters is 2. The first kappa shape index (κ1) is 21.4. The van der Waals surface area contributed by atoms with E-state index in [4.69, 9.17) is 55.9 Å². The maximum atomic E-state index is 11.6. The van der Waals surface area contributed by atoms with Crippen molar-refractivity contribution >= 4 is 70.1 Å². The van der Waals surface area contributed by atoms with Crippen molar-refractivity contribution in [3.63, 3.8) is 0 Å². The molecule has 0 aromatic rings. The number of hydrogen-bond donors (Lipinski definition) is 0. The summed E-state index contributed by atoms with van der Waals surface area (Å²) in [5.74, 6) is -1.21. The summed E-state index contributed by atoms with van der Waals surface area (Å²) in [6.45, 7) is 7.17. The molecule has 0 bridgehead atoms. The molecule has 0 amide bonds. The van der Waals surface area contributed by atoms with Crippen LogP contribution in [0.25, 0.3) is 0 Å². The zero-order chi connectivity index (χ0) is 16.8. The number of carbonyl (C=O) groups excluding carboxylic acids is 2. The molecule has 0 aliphatic rings. The highest BCUT2D eigenvalue weighted by atomic mass is 35.5. The minimum absolute atomic E-state index is 0.300. The van der Waals surface area contributed by atoms with E-state index in [0.717, 1.165) is 0 Å². The first-order chi connectivity index (χ1) is 9.47. The van der Waals surface area contributed by atoms with Crippen LogP contribution in [-0.4, -0.2) is 44.3 Å². The molecule has 21 heavy (non-hydrogen) atoms. The monoisotopic (exact) mass is 398 g/mol. The lowest BCUT2D eigenvalue weighted by Crippen LogP contribution is -2.46. The van der Waals surface area contributed by atoms with Gasteiger partial charge in [-0.3, -0.25) is 0 Å². The van der Waals surface area contributed by atoms with Gasteiger partial charge in [0.25, 0.3) is 0 Å². The standard InChI is InChI=1S/C12H18Cl4O4S/c1-6(2)21-5-7(19-10(17)8(13)14)12(3,4)20-11(18)9(15)16/h6-9H,5H2,1-4H3. The molecule has 0 rings (SSSR count). The third kappa shape index (κ3) is 8.60. The van der Waals surface area contributed by atoms with Gasteiger partial charge in [0, 0.05) is 5.75 Å². The van der Waals surface area contributed by atoms with E-state index in [1.54, 1.807) is 13.8 Å². The van der Waals surface area contributed by atoms with Crippen LogP contribution in [0.1, 0.15) is 27.7 Å². The molecule has 0 aliphatic carbocycles. The fraction of sp³-hybridized carbons (Fsp3) is 0.833. The minimum Gasteiger partial charge on any atom is -0.455 e. The Labute approximate surface area is 149 Å². The molecule has 1 unspecified atom stereocenters. The van der Waals surface area contributed by atoms with Crippen molar-refractivity contribution < 1.29 is 19.1 Å². The van der Waals surface area contributed by atoms with Gasteiger partial charge in [-0.05, 0) is 19.1 Å². The van der Waals surface area contributed by atoms with Crippen LogP contribution in [0.4, 0.5) is 0 Å². The van der Waals surface area contributed by atoms with Crippen molar-refractivity contribution in [2.24, 2.45) is 0 Å². The van der Waals surface area contributed by atoms with Gasteiger partial charge in [-0.2, -0.15) is 11.8 Å². The lowest BCUT2D eigenvalue weighted by molar-refractivity contribution is -0.176. The van der Waals surface area contributed by atoms with E-state index in [9.17, 15) is 9.59 Å². The highest BCUT2D eigenvalue weighted by Crippen LogP contribution is 2.26. The molecule has 0 heterocycles. The van der Waals surface area contributed by atoms with Gasteiger partial charge in [0.1, 0.15) is 11.7 Å². The van der Waals surface area contributed by atoms with E-state index in [-0.39, 0.29) is 0 Å². The smallest absolute Gasteiger partial charge is 0.340 e. The van der Waals surface area contributed by atoms with Gasteiger partial charge in [-0.1, -0.05) is 60.3 Å². The Bertz CT molecular complexity index is 361. The van der Waals surface area contributed by atoms with Crippen molar-refractivity contribution in [3.8, 4) is 0 Å². The van der Waals surface area contributed by atoms with Crippen LogP contribution in [0.5, 0.6) is 0 Å². The fourth-order valence-electron chi connectivity index (χ4n) is 1.22. The van der Waals surface area contributed by atoms with Crippen LogP contribution in [0, 0.1) is 0 Å². The summed E-state index contributed by atoms with van der Waals surface area (Å²) in [7, 11) is 0. The fourth-order valence-corrected chi connectivity index (χ4v) is 2.44. The third-order valence-electron chi connectivity index (χ3n) is 2.33. The van der Waals surface area contributed by atoms with Crippen molar-refractivity contribution in [1.29, 1.82) is 0 Å². The van der Waals surface area contributed by atoms with E-state index in [1.165, 1.54) is 11.8 Å². The number of carbonyl (C=O) groups is 2. The lowest BCUT2D eigenvalue weighted by atomic mass is 10.0. The summed E-state index contributed by atoms with van der Waals surface area (Å²) in [5, 5.41) is 0.300. The van der Waals surface area contributed by atoms with E-state index in [1.807, 2.05) is 13.8 Å². The number of rotatable bonds is 8. The first-order valence-corrected chi connectivity index (χ1v) is 8.88. The predicted molar refractivity (Wildman–Crippen MR) is 88.6 cm³/mol. The molecule has 0 spiro atoms. The maximum Gasteiger partial charge on any atom is 0.340 e. The second-order valence-corrected chi connectivity index (χ2v) is 8.74. The highest BCUT2D eigenvalue weighted by Gasteiger charge is 2.38. The summed E-state index contributed by atoms with van der Waals surface area (Å²) >= 11 is 23.4. The molecule has 0 N–H and O–H groups in total. The lowest BCUT2D eigenvalue weighted by Gasteiger charge is -2.34. The SMILES string of the molecule is CC(C)SCC(OC(=O)C(Cl)Cl)C(C)(C)OC(=O)C(Cl)Cl. The van der Waals surface area contributed by atoms with Crippen LogP contribution in [-0.2, 0) is 19.1 Å². The zero-order valence-corrected chi connectivity index (χ0v) is 15.9. The highest BCUT2D eigenvalue weighted by molar-refractivity contribution is 7.99. The van der Waals surface area contributed by atoms with Crippen molar-refractivity contribution in [3.05, 3.63) is 0 Å². The summed E-state index contributed by atoms with van der Waals surface area (Å²) in [6, 6.07) is 0. The molecule has 9 heteroatoms. The Hall–Kier alpha value is 0.450. The number of halogens is 4. The maximum absolute atomic E-state index is 11.6. The second-order valence-electron chi connectivity index (χ2n) is 4.93. The molecule has 0 aromatic heterocycles. The van der Waals surface area contributed by atoms with Crippen LogP contribution in [0.2, 0.25) is 0 Å². The molecule has 0 fully saturated rings. The predicted octanol–water partition coefficient (Wildman–Crippen LogP) is 3.97. The van der Waals surface area contributed by atoms with Crippen molar-refractivity contribution in [2.45, 2.75) is 54.3 Å². The molecule has 0 saturated carbocycles. The Morgan fingerprint density at radius 1 is 1.05 bits per heavy atom. The molecule has 4 nitrogen and oxygen atoms in total. The number of alkyl halides is 4. The minimum atomic E-state index is -1.31. The van der Waals surface area contributed by atoms with Crippen LogP contribution >= 0.6 is 58.2 Å². The molecule has 0 radical (unpaired) electrons. The molecule has 1 atom stereocenters. The van der Waals surface area contributed by atoms with Gasteiger partial charge in [-0.25, -0.2) is 9.59 Å². The molecule has 0 saturated heterocycles. The number of ether oxygens (including phenoxy) is 2. The van der Waals surface area contributed by atoms with Gasteiger partial charge in [0.15, 0.2) is 0 Å². The largest absolute Gasteiger partial charge is 0.455 e. The first-order valence-electron chi connectivity index (χ1n) is 6.08. The summed E-state index contributed by atoms with van der Waals surface area (Å²) < 4.78 is 10.4. The molecular formula is C12H18Cl4O4S. The average molecular weight is 400 g/mol. The van der Waals surface area contributed by atoms with E-state index >= 15 is 0 Å². The summed E-state index contributed by atoms with van der Waals surface area (Å²) in [6.07, 6.45) is -0.742. The zero-order valence-electron chi connectivity index (χ0n) is 12.1. The van der Waals surface area contributed by atoms with Gasteiger partial charge in [-0.15, -0.1) is 0 Å². The molecule has 0 aromatic carbocycles.